The van der Waals surface area contributed by atoms with Gasteiger partial charge in [-0.15, -0.1) is 0 Å². The third-order valence-corrected chi connectivity index (χ3v) is 10.8. The summed E-state index contributed by atoms with van der Waals surface area (Å²) in [6.07, 6.45) is 13.9. The maximum Gasteiger partial charge on any atom is 0.303 e. The smallest absolute Gasteiger partial charge is 0.303 e. The first kappa shape index (κ1) is 38.9. The van der Waals surface area contributed by atoms with Crippen molar-refractivity contribution in [3.63, 3.8) is 0 Å². The standard InChI is InChI=1S/C33H40N2O5S.C6H15N/c1-23-16-18-28-26(21-23)33(4,20-12-8-11-15-31(36)37)30(35(28)6)14-10-7-9-13-29-32(2,3)25-22-24(41(38,39)40)17-19-27(25)34(29)5;1-4-7(5-2)6-3/h7,9-10,13-14,16-19,21-22H,8,11-12,15,20H2,1-6H3,(H-,36,37,38,39,40);4-6H2,1-3H3. The van der Waals surface area contributed by atoms with Gasteiger partial charge < -0.3 is 19.5 Å². The zero-order valence-corrected chi connectivity index (χ0v) is 31.2. The van der Waals surface area contributed by atoms with Gasteiger partial charge >= 0.3 is 5.97 Å². The van der Waals surface area contributed by atoms with Crippen LogP contribution in [0, 0.1) is 6.92 Å². The lowest BCUT2D eigenvalue weighted by atomic mass is 9.76. The van der Waals surface area contributed by atoms with Crippen molar-refractivity contribution in [1.82, 2.24) is 4.90 Å². The normalized spacial score (nSPS) is 19.4. The van der Waals surface area contributed by atoms with Gasteiger partial charge in [-0.2, -0.15) is 4.58 Å². The Morgan fingerprint density at radius 3 is 2.21 bits per heavy atom. The third kappa shape index (κ3) is 8.73. The van der Waals surface area contributed by atoms with E-state index in [0.717, 1.165) is 36.2 Å². The molecule has 0 amide bonds. The predicted molar refractivity (Wildman–Crippen MR) is 196 cm³/mol. The number of rotatable bonds is 13. The average Bonchev–Trinajstić information content (AvgIpc) is 3.35. The van der Waals surface area contributed by atoms with E-state index in [2.05, 4.69) is 75.7 Å². The molecule has 2 aromatic carbocycles. The van der Waals surface area contributed by atoms with Crippen molar-refractivity contribution in [2.75, 3.05) is 38.6 Å². The summed E-state index contributed by atoms with van der Waals surface area (Å²) < 4.78 is 36.8. The van der Waals surface area contributed by atoms with Gasteiger partial charge in [0.2, 0.25) is 5.69 Å². The summed E-state index contributed by atoms with van der Waals surface area (Å²) in [7, 11) is -0.493. The molecule has 8 nitrogen and oxygen atoms in total. The maximum absolute atomic E-state index is 11.6. The van der Waals surface area contributed by atoms with Crippen molar-refractivity contribution >= 4 is 33.2 Å². The van der Waals surface area contributed by atoms with E-state index in [0.29, 0.717) is 6.42 Å². The Kier molecular flexibility index (Phi) is 13.2. The second-order valence-corrected chi connectivity index (χ2v) is 14.9. The van der Waals surface area contributed by atoms with Crippen LogP contribution >= 0.6 is 0 Å². The molecule has 2 aliphatic heterocycles. The molecule has 9 heteroatoms. The van der Waals surface area contributed by atoms with E-state index in [4.69, 9.17) is 5.11 Å². The number of unbranched alkanes of at least 4 members (excludes halogenated alkanes) is 2. The van der Waals surface area contributed by atoms with Gasteiger partial charge in [0.1, 0.15) is 17.2 Å². The first-order valence-corrected chi connectivity index (χ1v) is 18.5. The molecule has 1 unspecified atom stereocenters. The van der Waals surface area contributed by atoms with Crippen molar-refractivity contribution in [2.45, 2.75) is 96.3 Å². The summed E-state index contributed by atoms with van der Waals surface area (Å²) in [4.78, 5) is 15.3. The second kappa shape index (κ2) is 16.2. The number of anilines is 1. The number of carboxylic acid groups (broad SMARTS) is 1. The Labute approximate surface area is 288 Å². The zero-order valence-electron chi connectivity index (χ0n) is 30.3. The highest BCUT2D eigenvalue weighted by Gasteiger charge is 2.43. The van der Waals surface area contributed by atoms with Crippen molar-refractivity contribution in [1.29, 1.82) is 0 Å². The molecule has 2 aromatic rings. The number of fused-ring (bicyclic) bond motifs is 2. The Morgan fingerprint density at radius 1 is 0.958 bits per heavy atom. The number of aliphatic carboxylic acids is 1. The van der Waals surface area contributed by atoms with E-state index in [1.165, 1.54) is 54.3 Å². The van der Waals surface area contributed by atoms with Crippen LogP contribution in [0.5, 0.6) is 0 Å². The number of benzene rings is 2. The van der Waals surface area contributed by atoms with E-state index in [1.54, 1.807) is 6.07 Å². The van der Waals surface area contributed by atoms with Crippen LogP contribution < -0.4 is 4.90 Å². The van der Waals surface area contributed by atoms with E-state index in [1.807, 2.05) is 49.8 Å². The van der Waals surface area contributed by atoms with Gasteiger partial charge in [-0.3, -0.25) is 4.79 Å². The van der Waals surface area contributed by atoms with Gasteiger partial charge in [-0.1, -0.05) is 69.5 Å². The minimum Gasteiger partial charge on any atom is -0.744 e. The van der Waals surface area contributed by atoms with E-state index >= 15 is 0 Å². The van der Waals surface area contributed by atoms with E-state index < -0.39 is 21.5 Å². The Hall–Kier alpha value is -3.53. The monoisotopic (exact) mass is 677 g/mol. The van der Waals surface area contributed by atoms with Gasteiger partial charge in [-0.05, 0) is 90.0 Å². The number of allylic oxidation sites excluding steroid dienone is 6. The highest BCUT2D eigenvalue weighted by molar-refractivity contribution is 7.85. The molecular weight excluding hydrogens is 623 g/mol. The van der Waals surface area contributed by atoms with Gasteiger partial charge in [0.05, 0.1) is 10.3 Å². The van der Waals surface area contributed by atoms with Crippen LogP contribution in [0.25, 0.3) is 0 Å². The quantitative estimate of drug-likeness (QED) is 0.100. The summed E-state index contributed by atoms with van der Waals surface area (Å²) in [5.74, 6) is -0.744. The molecule has 1 atom stereocenters. The molecule has 0 aliphatic carbocycles. The van der Waals surface area contributed by atoms with Crippen LogP contribution in [0.4, 0.5) is 11.4 Å². The first-order valence-electron chi connectivity index (χ1n) is 17.1. The fourth-order valence-corrected chi connectivity index (χ4v) is 7.51. The molecule has 0 radical (unpaired) electrons. The molecule has 1 N–H and O–H groups in total. The molecular formula is C39H55N3O5S. The van der Waals surface area contributed by atoms with Crippen molar-refractivity contribution < 1.29 is 27.4 Å². The summed E-state index contributed by atoms with van der Waals surface area (Å²) in [6.45, 7) is 18.6. The summed E-state index contributed by atoms with van der Waals surface area (Å²) in [5, 5.41) is 8.99. The molecule has 0 aromatic heterocycles. The lowest BCUT2D eigenvalue weighted by Crippen LogP contribution is -2.26. The van der Waals surface area contributed by atoms with Crippen molar-refractivity contribution in [3.05, 3.63) is 89.2 Å². The second-order valence-electron chi connectivity index (χ2n) is 13.5. The third-order valence-electron chi connectivity index (χ3n) is 9.97. The highest BCUT2D eigenvalue weighted by Crippen LogP contribution is 2.50. The molecule has 48 heavy (non-hydrogen) atoms. The van der Waals surface area contributed by atoms with Gasteiger partial charge in [0.15, 0.2) is 5.71 Å². The molecule has 2 aliphatic rings. The van der Waals surface area contributed by atoms with Crippen LogP contribution in [0.1, 0.15) is 90.3 Å². The van der Waals surface area contributed by atoms with E-state index in [9.17, 15) is 17.8 Å². The van der Waals surface area contributed by atoms with Crippen LogP contribution in [0.3, 0.4) is 0 Å². The molecule has 2 heterocycles. The number of hydrogen-bond donors (Lipinski definition) is 1. The summed E-state index contributed by atoms with van der Waals surface area (Å²) in [5.41, 5.74) is 6.94. The van der Waals surface area contributed by atoms with Crippen molar-refractivity contribution in [2.24, 2.45) is 0 Å². The molecule has 0 saturated heterocycles. The Morgan fingerprint density at radius 2 is 1.62 bits per heavy atom. The lowest BCUT2D eigenvalue weighted by molar-refractivity contribution is -0.401. The maximum atomic E-state index is 11.6. The topological polar surface area (TPSA) is 104 Å². The molecule has 4 rings (SSSR count). The Balaban J connectivity index is 0.000000804. The number of nitrogens with zero attached hydrogens (tertiary/aromatic N) is 3. The van der Waals surface area contributed by atoms with Crippen LogP contribution in [-0.4, -0.2) is 73.0 Å². The minimum absolute atomic E-state index is 0.183. The van der Waals surface area contributed by atoms with E-state index in [-0.39, 0.29) is 16.7 Å². The fraction of sp³-hybridized carbons (Fsp3) is 0.487. The SMILES string of the molecule is CCN(CC)CC.Cc1ccc2c(c1)C(C)(CCCCCC(=O)O)C(=CC=CC=CC1=[N+](C)c3ccc(S(=O)(=O)[O-])cc3C1(C)C)N2C. The lowest BCUT2D eigenvalue weighted by Gasteiger charge is -2.29. The number of carbonyl (C=O) groups is 1. The molecule has 0 fully saturated rings. The average molecular weight is 678 g/mol. The zero-order chi connectivity index (χ0) is 35.9. The number of aryl methyl sites for hydroxylation is 1. The molecule has 0 bridgehead atoms. The first-order chi connectivity index (χ1) is 22.5. The van der Waals surface area contributed by atoms with Crippen molar-refractivity contribution in [3.8, 4) is 0 Å². The van der Waals surface area contributed by atoms with Crippen LogP contribution in [0.15, 0.2) is 77.4 Å². The van der Waals surface area contributed by atoms with Gasteiger partial charge in [0, 0.05) is 48.0 Å². The molecule has 0 saturated carbocycles. The largest absolute Gasteiger partial charge is 0.744 e. The molecule has 0 spiro atoms. The summed E-state index contributed by atoms with van der Waals surface area (Å²) in [6, 6.07) is 11.1. The van der Waals surface area contributed by atoms with Crippen LogP contribution in [-0.2, 0) is 25.7 Å². The predicted octanol–water partition coefficient (Wildman–Crippen LogP) is 7.69. The van der Waals surface area contributed by atoms with Gasteiger partial charge in [-0.25, -0.2) is 8.42 Å². The number of likely N-dealkylation sites (N-methyl/N-ethyl adjacent to an activating group) is 1. The summed E-state index contributed by atoms with van der Waals surface area (Å²) >= 11 is 0. The fourth-order valence-electron chi connectivity index (χ4n) is 7.01. The number of hydrogen-bond acceptors (Lipinski definition) is 6. The Bertz CT molecular complexity index is 1690. The minimum atomic E-state index is -4.53. The molecule has 262 valence electrons. The van der Waals surface area contributed by atoms with Gasteiger partial charge in [0.25, 0.3) is 0 Å². The number of carboxylic acids is 1. The highest BCUT2D eigenvalue weighted by atomic mass is 32.2. The van der Waals surface area contributed by atoms with Crippen LogP contribution in [0.2, 0.25) is 0 Å².